The van der Waals surface area contributed by atoms with Crippen LogP contribution in [0.4, 0.5) is 5.69 Å². The molecule has 10 heteroatoms. The van der Waals surface area contributed by atoms with Gasteiger partial charge >= 0.3 is 5.97 Å². The number of benzene rings is 2. The number of carbonyl (C=O) groups is 2. The van der Waals surface area contributed by atoms with E-state index in [1.54, 1.807) is 0 Å². The molecule has 2 saturated heterocycles. The van der Waals surface area contributed by atoms with E-state index in [-0.39, 0.29) is 29.9 Å². The van der Waals surface area contributed by atoms with Crippen LogP contribution in [0.1, 0.15) is 51.1 Å². The summed E-state index contributed by atoms with van der Waals surface area (Å²) in [4.78, 5) is 29.9. The molecule has 0 spiro atoms. The number of amides is 1. The zero-order chi connectivity index (χ0) is 25.5. The molecular weight excluding hydrogens is 472 g/mol. The molecule has 4 aliphatic rings. The fourth-order valence-electron chi connectivity index (χ4n) is 6.12. The molecule has 0 radical (unpaired) electrons. The number of aryl methyl sites for hydroxylation is 1. The lowest BCUT2D eigenvalue weighted by molar-refractivity contribution is -0.141. The Morgan fingerprint density at radius 2 is 2.00 bits per heavy atom. The number of ether oxygens (including phenoxy) is 2. The average Bonchev–Trinajstić information content (AvgIpc) is 3.36. The van der Waals surface area contributed by atoms with Gasteiger partial charge in [0.15, 0.2) is 0 Å². The van der Waals surface area contributed by atoms with Gasteiger partial charge in [-0.25, -0.2) is 9.80 Å². The number of morpholine rings is 1. The van der Waals surface area contributed by atoms with Crippen molar-refractivity contribution in [3.63, 3.8) is 0 Å². The second kappa shape index (κ2) is 9.68. The molecule has 3 aliphatic heterocycles. The number of fused-ring (bicyclic) bond motifs is 3. The Balaban J connectivity index is 1.10. The van der Waals surface area contributed by atoms with Crippen molar-refractivity contribution in [3.8, 4) is 0 Å². The average molecular weight is 503 g/mol. The van der Waals surface area contributed by atoms with Crippen molar-refractivity contribution in [2.45, 2.75) is 37.3 Å². The van der Waals surface area contributed by atoms with E-state index in [0.29, 0.717) is 37.6 Å². The van der Waals surface area contributed by atoms with Crippen molar-refractivity contribution in [1.29, 1.82) is 10.9 Å². The fourth-order valence-corrected chi connectivity index (χ4v) is 6.12. The molecule has 192 valence electrons. The molecule has 2 fully saturated rings. The lowest BCUT2D eigenvalue weighted by Gasteiger charge is -2.46. The zero-order valence-corrected chi connectivity index (χ0v) is 20.6. The molecule has 3 atom stereocenters. The van der Waals surface area contributed by atoms with Crippen LogP contribution in [0.15, 0.2) is 41.6 Å². The van der Waals surface area contributed by atoms with E-state index < -0.39 is 0 Å². The molecular formula is C27H30N6O4. The first-order chi connectivity index (χ1) is 18.1. The van der Waals surface area contributed by atoms with Crippen molar-refractivity contribution in [2.24, 2.45) is 5.22 Å². The SMILES string of the molecule is N=CN(N=N)c1ccc2c(c1)CCC2C(=O)N1CCN2CC(c3ccc4c(c3)CCOC4=O)OCC2C1. The summed E-state index contributed by atoms with van der Waals surface area (Å²) in [6.07, 6.45) is 3.26. The van der Waals surface area contributed by atoms with Crippen molar-refractivity contribution in [2.75, 3.05) is 44.4 Å². The third kappa shape index (κ3) is 4.30. The van der Waals surface area contributed by atoms with Crippen LogP contribution >= 0.6 is 0 Å². The standard InChI is InChI=1S/C27H30N6O4/c28-16-33(30-29)20-3-6-22-17(12-20)1-5-24(22)26(34)32-9-8-31-14-25(37-15-21(31)13-32)19-2-4-23-18(11-19)7-10-36-27(23)35/h2-4,6,11-12,16,21,24-25,28-29H,1,5,7-10,13-15H2. The second-order valence-corrected chi connectivity index (χ2v) is 10.1. The zero-order valence-electron chi connectivity index (χ0n) is 20.6. The number of carbonyl (C=O) groups excluding carboxylic acids is 2. The number of cyclic esters (lactones) is 1. The molecule has 3 unspecified atom stereocenters. The molecule has 1 aliphatic carbocycles. The Bertz CT molecular complexity index is 1260. The third-order valence-electron chi connectivity index (χ3n) is 8.13. The monoisotopic (exact) mass is 502 g/mol. The van der Waals surface area contributed by atoms with Crippen LogP contribution in [0.5, 0.6) is 0 Å². The van der Waals surface area contributed by atoms with E-state index in [2.05, 4.69) is 16.2 Å². The maximum atomic E-state index is 13.6. The van der Waals surface area contributed by atoms with Gasteiger partial charge in [-0.15, -0.1) is 0 Å². The molecule has 0 saturated carbocycles. The van der Waals surface area contributed by atoms with Crippen LogP contribution in [0.2, 0.25) is 0 Å². The van der Waals surface area contributed by atoms with Crippen molar-refractivity contribution in [1.82, 2.24) is 9.80 Å². The van der Waals surface area contributed by atoms with Crippen LogP contribution in [-0.4, -0.2) is 73.4 Å². The lowest BCUT2D eigenvalue weighted by Crippen LogP contribution is -2.60. The van der Waals surface area contributed by atoms with Gasteiger partial charge in [0, 0.05) is 32.6 Å². The summed E-state index contributed by atoms with van der Waals surface area (Å²) in [5.41, 5.74) is 12.8. The fraction of sp³-hybridized carbons (Fsp3) is 0.444. The van der Waals surface area contributed by atoms with Gasteiger partial charge in [-0.1, -0.05) is 23.4 Å². The highest BCUT2D eigenvalue weighted by Gasteiger charge is 2.39. The van der Waals surface area contributed by atoms with E-state index in [4.69, 9.17) is 20.4 Å². The number of hydrogen-bond donors (Lipinski definition) is 2. The number of anilines is 1. The quantitative estimate of drug-likeness (QED) is 0.213. The Morgan fingerprint density at radius 3 is 2.84 bits per heavy atom. The first-order valence-corrected chi connectivity index (χ1v) is 12.8. The van der Waals surface area contributed by atoms with Gasteiger partial charge in [-0.3, -0.25) is 15.1 Å². The van der Waals surface area contributed by atoms with Crippen LogP contribution in [0, 0.1) is 10.9 Å². The summed E-state index contributed by atoms with van der Waals surface area (Å²) < 4.78 is 11.4. The summed E-state index contributed by atoms with van der Waals surface area (Å²) in [5, 5.41) is 12.0. The first-order valence-electron chi connectivity index (χ1n) is 12.8. The van der Waals surface area contributed by atoms with Gasteiger partial charge in [0.05, 0.1) is 42.5 Å². The normalized spacial score (nSPS) is 24.9. The minimum absolute atomic E-state index is 0.0476. The number of rotatable bonds is 5. The van der Waals surface area contributed by atoms with E-state index in [9.17, 15) is 9.59 Å². The molecule has 0 bridgehead atoms. The molecule has 6 rings (SSSR count). The van der Waals surface area contributed by atoms with Crippen LogP contribution in [0.3, 0.4) is 0 Å². The Labute approximate surface area is 215 Å². The highest BCUT2D eigenvalue weighted by atomic mass is 16.5. The minimum Gasteiger partial charge on any atom is -0.462 e. The molecule has 0 aromatic heterocycles. The van der Waals surface area contributed by atoms with Gasteiger partial charge < -0.3 is 14.4 Å². The van der Waals surface area contributed by atoms with Crippen LogP contribution < -0.4 is 5.01 Å². The summed E-state index contributed by atoms with van der Waals surface area (Å²) in [7, 11) is 0. The summed E-state index contributed by atoms with van der Waals surface area (Å²) in [6, 6.07) is 11.8. The minimum atomic E-state index is -0.250. The maximum Gasteiger partial charge on any atom is 0.338 e. The van der Waals surface area contributed by atoms with E-state index in [1.165, 1.54) is 5.01 Å². The Kier molecular flexibility index (Phi) is 6.21. The highest BCUT2D eigenvalue weighted by molar-refractivity contribution is 5.92. The van der Waals surface area contributed by atoms with Gasteiger partial charge in [0.25, 0.3) is 0 Å². The van der Waals surface area contributed by atoms with E-state index in [0.717, 1.165) is 60.9 Å². The topological polar surface area (TPSA) is 122 Å². The molecule has 10 nitrogen and oxygen atoms in total. The summed E-state index contributed by atoms with van der Waals surface area (Å²) >= 11 is 0. The summed E-state index contributed by atoms with van der Waals surface area (Å²) in [6.45, 7) is 3.93. The summed E-state index contributed by atoms with van der Waals surface area (Å²) in [5.74, 6) is -0.236. The van der Waals surface area contributed by atoms with Gasteiger partial charge in [0.1, 0.15) is 6.34 Å². The predicted molar refractivity (Wildman–Crippen MR) is 135 cm³/mol. The second-order valence-electron chi connectivity index (χ2n) is 10.1. The predicted octanol–water partition coefficient (Wildman–Crippen LogP) is 3.07. The van der Waals surface area contributed by atoms with Crippen LogP contribution in [-0.2, 0) is 27.1 Å². The molecule has 2 aromatic rings. The van der Waals surface area contributed by atoms with Gasteiger partial charge in [-0.2, -0.15) is 5.53 Å². The molecule has 37 heavy (non-hydrogen) atoms. The van der Waals surface area contributed by atoms with Gasteiger partial charge in [-0.05, 0) is 53.3 Å². The maximum absolute atomic E-state index is 13.6. The van der Waals surface area contributed by atoms with E-state index in [1.807, 2.05) is 35.2 Å². The van der Waals surface area contributed by atoms with Crippen molar-refractivity contribution < 1.29 is 19.1 Å². The largest absolute Gasteiger partial charge is 0.462 e. The molecule has 2 N–H and O–H groups in total. The smallest absolute Gasteiger partial charge is 0.338 e. The molecule has 1 amide bonds. The Hall–Kier alpha value is -3.63. The van der Waals surface area contributed by atoms with Crippen molar-refractivity contribution in [3.05, 3.63) is 64.2 Å². The van der Waals surface area contributed by atoms with E-state index >= 15 is 0 Å². The third-order valence-corrected chi connectivity index (χ3v) is 8.13. The lowest BCUT2D eigenvalue weighted by atomic mass is 9.95. The number of piperazine rings is 1. The van der Waals surface area contributed by atoms with Crippen LogP contribution in [0.25, 0.3) is 0 Å². The van der Waals surface area contributed by atoms with Crippen molar-refractivity contribution >= 4 is 23.9 Å². The number of hydrogen-bond acceptors (Lipinski definition) is 8. The molecule has 2 aromatic carbocycles. The highest BCUT2D eigenvalue weighted by Crippen LogP contribution is 2.37. The number of esters is 1. The number of nitrogens with zero attached hydrogens (tertiary/aromatic N) is 4. The Morgan fingerprint density at radius 1 is 1.11 bits per heavy atom. The van der Waals surface area contributed by atoms with Gasteiger partial charge in [0.2, 0.25) is 5.91 Å². The molecule has 3 heterocycles. The number of nitrogens with one attached hydrogen (secondary N) is 2. The first kappa shape index (κ1) is 23.7.